The van der Waals surface area contributed by atoms with Crippen molar-refractivity contribution in [3.8, 4) is 0 Å². The third-order valence-corrected chi connectivity index (χ3v) is 4.06. The lowest BCUT2D eigenvalue weighted by atomic mass is 10.1. The van der Waals surface area contributed by atoms with E-state index in [-0.39, 0.29) is 17.7 Å². The van der Waals surface area contributed by atoms with Crippen LogP contribution >= 0.6 is 0 Å². The number of nitrogens with two attached hydrogens (primary N) is 1. The SMILES string of the molecule is NS(=O)(=O)c1ccc(C(=O)NC2CCCCCC2)o1. The molecule has 7 heteroatoms. The van der Waals surface area contributed by atoms with Crippen LogP contribution in [0.25, 0.3) is 0 Å². The Morgan fingerprint density at radius 3 is 2.37 bits per heavy atom. The van der Waals surface area contributed by atoms with Crippen molar-refractivity contribution in [2.75, 3.05) is 0 Å². The second-order valence-corrected chi connectivity index (χ2v) is 6.32. The Morgan fingerprint density at radius 2 is 1.84 bits per heavy atom. The lowest BCUT2D eigenvalue weighted by Crippen LogP contribution is -2.34. The maximum atomic E-state index is 11.9. The van der Waals surface area contributed by atoms with Gasteiger partial charge in [-0.3, -0.25) is 4.79 Å². The van der Waals surface area contributed by atoms with Crippen molar-refractivity contribution in [1.29, 1.82) is 0 Å². The highest BCUT2D eigenvalue weighted by Gasteiger charge is 2.20. The molecule has 2 rings (SSSR count). The summed E-state index contributed by atoms with van der Waals surface area (Å²) in [5.74, 6) is -0.407. The molecule has 1 aliphatic rings. The number of sulfonamides is 1. The predicted octanol–water partition coefficient (Wildman–Crippen LogP) is 1.38. The average Bonchev–Trinajstić information content (AvgIpc) is 2.70. The largest absolute Gasteiger partial charge is 0.438 e. The Labute approximate surface area is 112 Å². The molecule has 0 aromatic carbocycles. The molecule has 0 saturated heterocycles. The Kier molecular flexibility index (Phi) is 4.26. The molecule has 1 fully saturated rings. The standard InChI is InChI=1S/C12H18N2O4S/c13-19(16,17)11-8-7-10(18-11)12(15)14-9-5-3-1-2-4-6-9/h7-9H,1-6H2,(H,14,15)(H2,13,16,17). The molecule has 1 aromatic rings. The van der Waals surface area contributed by atoms with Gasteiger partial charge in [-0.15, -0.1) is 0 Å². The van der Waals surface area contributed by atoms with E-state index < -0.39 is 15.1 Å². The van der Waals surface area contributed by atoms with Crippen molar-refractivity contribution < 1.29 is 17.6 Å². The molecule has 6 nitrogen and oxygen atoms in total. The first-order valence-electron chi connectivity index (χ1n) is 6.40. The van der Waals surface area contributed by atoms with Crippen LogP contribution in [0.15, 0.2) is 21.6 Å². The van der Waals surface area contributed by atoms with Crippen molar-refractivity contribution in [2.24, 2.45) is 5.14 Å². The van der Waals surface area contributed by atoms with Crippen molar-refractivity contribution in [3.63, 3.8) is 0 Å². The second-order valence-electron chi connectivity index (χ2n) is 4.83. The molecule has 0 radical (unpaired) electrons. The first-order valence-corrected chi connectivity index (χ1v) is 7.95. The zero-order chi connectivity index (χ0) is 13.9. The van der Waals surface area contributed by atoms with Gasteiger partial charge in [-0.2, -0.15) is 0 Å². The van der Waals surface area contributed by atoms with E-state index in [1.54, 1.807) is 0 Å². The van der Waals surface area contributed by atoms with Crippen LogP contribution in [0.4, 0.5) is 0 Å². The molecule has 106 valence electrons. The number of nitrogens with one attached hydrogen (secondary N) is 1. The summed E-state index contributed by atoms with van der Waals surface area (Å²) in [4.78, 5) is 11.9. The minimum Gasteiger partial charge on any atom is -0.438 e. The normalized spacial score (nSPS) is 17.9. The molecule has 0 aliphatic heterocycles. The molecule has 1 amide bonds. The summed E-state index contributed by atoms with van der Waals surface area (Å²) < 4.78 is 27.1. The first-order chi connectivity index (χ1) is 8.97. The molecular formula is C12H18N2O4S. The Bertz CT molecular complexity index is 542. The van der Waals surface area contributed by atoms with E-state index in [1.165, 1.54) is 25.0 Å². The maximum Gasteiger partial charge on any atom is 0.287 e. The number of rotatable bonds is 3. The van der Waals surface area contributed by atoms with E-state index in [1.807, 2.05) is 0 Å². The van der Waals surface area contributed by atoms with E-state index in [2.05, 4.69) is 5.32 Å². The monoisotopic (exact) mass is 286 g/mol. The summed E-state index contributed by atoms with van der Waals surface area (Å²) in [6.45, 7) is 0. The van der Waals surface area contributed by atoms with Gasteiger partial charge in [-0.25, -0.2) is 13.6 Å². The van der Waals surface area contributed by atoms with Gasteiger partial charge in [-0.05, 0) is 25.0 Å². The maximum absolute atomic E-state index is 11.9. The molecule has 0 spiro atoms. The molecule has 1 saturated carbocycles. The second kappa shape index (κ2) is 5.75. The fraction of sp³-hybridized carbons (Fsp3) is 0.583. The fourth-order valence-electron chi connectivity index (χ4n) is 2.28. The first kappa shape index (κ1) is 14.1. The number of hydrogen-bond donors (Lipinski definition) is 2. The van der Waals surface area contributed by atoms with Gasteiger partial charge in [0.2, 0.25) is 5.09 Å². The molecule has 1 aromatic heterocycles. The molecule has 0 unspecified atom stereocenters. The van der Waals surface area contributed by atoms with Crippen LogP contribution in [0.1, 0.15) is 49.1 Å². The molecular weight excluding hydrogens is 268 g/mol. The molecule has 1 aliphatic carbocycles. The highest BCUT2D eigenvalue weighted by molar-refractivity contribution is 7.89. The van der Waals surface area contributed by atoms with Gasteiger partial charge < -0.3 is 9.73 Å². The highest BCUT2D eigenvalue weighted by atomic mass is 32.2. The third kappa shape index (κ3) is 3.81. The average molecular weight is 286 g/mol. The van der Waals surface area contributed by atoms with Gasteiger partial charge in [0.25, 0.3) is 15.9 Å². The van der Waals surface area contributed by atoms with E-state index in [0.29, 0.717) is 0 Å². The van der Waals surface area contributed by atoms with Gasteiger partial charge in [0.05, 0.1) is 0 Å². The summed E-state index contributed by atoms with van der Waals surface area (Å²) in [5.41, 5.74) is 0. The molecule has 19 heavy (non-hydrogen) atoms. The number of furan rings is 1. The van der Waals surface area contributed by atoms with E-state index in [4.69, 9.17) is 9.56 Å². The van der Waals surface area contributed by atoms with Gasteiger partial charge in [0.1, 0.15) is 0 Å². The Hall–Kier alpha value is -1.34. The summed E-state index contributed by atoms with van der Waals surface area (Å²) in [5, 5.41) is 7.40. The zero-order valence-corrected chi connectivity index (χ0v) is 11.4. The summed E-state index contributed by atoms with van der Waals surface area (Å²) in [6.07, 6.45) is 6.51. The van der Waals surface area contributed by atoms with Crippen LogP contribution in [-0.2, 0) is 10.0 Å². The van der Waals surface area contributed by atoms with Crippen LogP contribution in [0, 0.1) is 0 Å². The smallest absolute Gasteiger partial charge is 0.287 e. The van der Waals surface area contributed by atoms with Crippen LogP contribution < -0.4 is 10.5 Å². The quantitative estimate of drug-likeness (QED) is 0.819. The lowest BCUT2D eigenvalue weighted by molar-refractivity contribution is 0.0900. The number of carbonyl (C=O) groups is 1. The number of primary sulfonamides is 1. The zero-order valence-electron chi connectivity index (χ0n) is 10.6. The predicted molar refractivity (Wildman–Crippen MR) is 69.0 cm³/mol. The number of carbonyl (C=O) groups excluding carboxylic acids is 1. The van der Waals surface area contributed by atoms with Crippen LogP contribution in [-0.4, -0.2) is 20.4 Å². The van der Waals surface area contributed by atoms with Crippen molar-refractivity contribution in [3.05, 3.63) is 17.9 Å². The fourth-order valence-corrected chi connectivity index (χ4v) is 2.74. The van der Waals surface area contributed by atoms with E-state index >= 15 is 0 Å². The van der Waals surface area contributed by atoms with Gasteiger partial charge in [0.15, 0.2) is 5.76 Å². The molecule has 0 bridgehead atoms. The van der Waals surface area contributed by atoms with Gasteiger partial charge in [0, 0.05) is 6.04 Å². The van der Waals surface area contributed by atoms with Gasteiger partial charge >= 0.3 is 0 Å². The van der Waals surface area contributed by atoms with Crippen molar-refractivity contribution in [1.82, 2.24) is 5.32 Å². The van der Waals surface area contributed by atoms with Crippen molar-refractivity contribution in [2.45, 2.75) is 49.7 Å². The van der Waals surface area contributed by atoms with Crippen LogP contribution in [0.2, 0.25) is 0 Å². The van der Waals surface area contributed by atoms with E-state index in [0.717, 1.165) is 25.7 Å². The molecule has 3 N–H and O–H groups in total. The summed E-state index contributed by atoms with van der Waals surface area (Å²) in [6, 6.07) is 2.65. The number of amides is 1. The number of hydrogen-bond acceptors (Lipinski definition) is 4. The minimum atomic E-state index is -3.90. The van der Waals surface area contributed by atoms with Crippen LogP contribution in [0.3, 0.4) is 0 Å². The Balaban J connectivity index is 2.01. The van der Waals surface area contributed by atoms with E-state index in [9.17, 15) is 13.2 Å². The van der Waals surface area contributed by atoms with Crippen LogP contribution in [0.5, 0.6) is 0 Å². The summed E-state index contributed by atoms with van der Waals surface area (Å²) in [7, 11) is -3.90. The van der Waals surface area contributed by atoms with Crippen molar-refractivity contribution >= 4 is 15.9 Å². The lowest BCUT2D eigenvalue weighted by Gasteiger charge is -2.14. The molecule has 1 heterocycles. The third-order valence-electron chi connectivity index (χ3n) is 3.28. The topological polar surface area (TPSA) is 102 Å². The minimum absolute atomic E-state index is 0.0201. The highest BCUT2D eigenvalue weighted by Crippen LogP contribution is 2.18. The Morgan fingerprint density at radius 1 is 1.21 bits per heavy atom. The summed E-state index contributed by atoms with van der Waals surface area (Å²) >= 11 is 0. The molecule has 0 atom stereocenters. The van der Waals surface area contributed by atoms with Gasteiger partial charge in [-0.1, -0.05) is 25.7 Å².